The van der Waals surface area contributed by atoms with E-state index < -0.39 is 0 Å². The van der Waals surface area contributed by atoms with Gasteiger partial charge in [-0.1, -0.05) is 43.5 Å². The molecule has 0 aliphatic carbocycles. The summed E-state index contributed by atoms with van der Waals surface area (Å²) in [6.07, 6.45) is 3.29. The topological polar surface area (TPSA) is 70.2 Å². The molecule has 8 heteroatoms. The van der Waals surface area contributed by atoms with Crippen molar-refractivity contribution in [3.05, 3.63) is 42.5 Å². The molecule has 180 valence electrons. The van der Waals surface area contributed by atoms with E-state index in [-0.39, 0.29) is 28.9 Å². The molecule has 3 rings (SSSR count). The second kappa shape index (κ2) is 12.2. The maximum absolute atomic E-state index is 13.2. The molecule has 2 amide bonds. The monoisotopic (exact) mass is 473 g/mol. The summed E-state index contributed by atoms with van der Waals surface area (Å²) in [5.74, 6) is 1.08. The number of ether oxygens (including phenoxy) is 1. The predicted octanol–water partition coefficient (Wildman–Crippen LogP) is 2.80. The highest BCUT2D eigenvalue weighted by molar-refractivity contribution is 8.13. The van der Waals surface area contributed by atoms with Crippen LogP contribution in [0, 0.1) is 5.92 Å². The van der Waals surface area contributed by atoms with Crippen molar-refractivity contribution in [2.75, 3.05) is 45.1 Å². The molecule has 0 radical (unpaired) electrons. The lowest BCUT2D eigenvalue weighted by Crippen LogP contribution is -2.54. The lowest BCUT2D eigenvalue weighted by atomic mass is 10.1. The standard InChI is InChI=1S/C25H35N3O4S/c1-4-16-32-22-9-7-21(8-10-22)17-26-12-14-27(15-13-26)25(31)23-6-5-11-28(23)24(30)19(2)18-33-20(3)29/h4,7-10,19,23H,1,5-6,11-18H2,2-3H3/t19-,23+/m1/s1. The van der Waals surface area contributed by atoms with Gasteiger partial charge in [0.2, 0.25) is 11.8 Å². The Labute approximate surface area is 201 Å². The Morgan fingerprint density at radius 3 is 2.48 bits per heavy atom. The van der Waals surface area contributed by atoms with Crippen molar-refractivity contribution in [3.63, 3.8) is 0 Å². The molecule has 2 atom stereocenters. The van der Waals surface area contributed by atoms with E-state index in [1.807, 2.05) is 24.0 Å². The zero-order valence-corrected chi connectivity index (χ0v) is 20.5. The summed E-state index contributed by atoms with van der Waals surface area (Å²) in [5, 5.41) is 0.0125. The van der Waals surface area contributed by atoms with Gasteiger partial charge in [0.25, 0.3) is 0 Å². The molecule has 7 nitrogen and oxygen atoms in total. The van der Waals surface area contributed by atoms with Gasteiger partial charge in [-0.05, 0) is 30.5 Å². The number of nitrogens with zero attached hydrogens (tertiary/aromatic N) is 3. The predicted molar refractivity (Wildman–Crippen MR) is 131 cm³/mol. The van der Waals surface area contributed by atoms with Gasteiger partial charge in [0, 0.05) is 57.9 Å². The average molecular weight is 474 g/mol. The molecule has 2 aliphatic rings. The molecule has 0 spiro atoms. The van der Waals surface area contributed by atoms with Crippen LogP contribution in [0.25, 0.3) is 0 Å². The first kappa shape index (κ1) is 25.3. The Kier molecular flexibility index (Phi) is 9.38. The van der Waals surface area contributed by atoms with Crippen molar-refractivity contribution in [1.29, 1.82) is 0 Å². The Morgan fingerprint density at radius 1 is 1.15 bits per heavy atom. The van der Waals surface area contributed by atoms with Gasteiger partial charge < -0.3 is 14.5 Å². The molecule has 2 saturated heterocycles. The second-order valence-electron chi connectivity index (χ2n) is 8.74. The molecule has 2 aliphatic heterocycles. The number of benzene rings is 1. The number of piperazine rings is 1. The molecule has 2 heterocycles. The fourth-order valence-corrected chi connectivity index (χ4v) is 4.95. The van der Waals surface area contributed by atoms with Gasteiger partial charge in [-0.2, -0.15) is 0 Å². The van der Waals surface area contributed by atoms with Crippen molar-refractivity contribution < 1.29 is 19.1 Å². The molecule has 1 aromatic carbocycles. The van der Waals surface area contributed by atoms with Crippen LogP contribution in [0.1, 0.15) is 32.3 Å². The Bertz CT molecular complexity index is 837. The first-order valence-corrected chi connectivity index (χ1v) is 12.6. The fourth-order valence-electron chi connectivity index (χ4n) is 4.33. The second-order valence-corrected chi connectivity index (χ2v) is 9.94. The summed E-state index contributed by atoms with van der Waals surface area (Å²) < 4.78 is 5.53. The van der Waals surface area contributed by atoms with Gasteiger partial charge in [-0.25, -0.2) is 0 Å². The molecule has 0 bridgehead atoms. The van der Waals surface area contributed by atoms with E-state index >= 15 is 0 Å². The van der Waals surface area contributed by atoms with Gasteiger partial charge in [0.15, 0.2) is 5.12 Å². The lowest BCUT2D eigenvalue weighted by molar-refractivity contribution is -0.146. The Morgan fingerprint density at radius 2 is 1.85 bits per heavy atom. The largest absolute Gasteiger partial charge is 0.490 e. The molecule has 0 unspecified atom stereocenters. The number of hydrogen-bond donors (Lipinski definition) is 0. The van der Waals surface area contributed by atoms with Crippen molar-refractivity contribution in [2.24, 2.45) is 5.92 Å². The third-order valence-corrected chi connectivity index (χ3v) is 7.23. The maximum atomic E-state index is 13.2. The van der Waals surface area contributed by atoms with Crippen LogP contribution >= 0.6 is 11.8 Å². The zero-order valence-electron chi connectivity index (χ0n) is 19.7. The highest BCUT2D eigenvalue weighted by atomic mass is 32.2. The van der Waals surface area contributed by atoms with Gasteiger partial charge in [0.1, 0.15) is 18.4 Å². The number of amides is 2. The number of carbonyl (C=O) groups is 3. The molecular weight excluding hydrogens is 438 g/mol. The number of thioether (sulfide) groups is 1. The lowest BCUT2D eigenvalue weighted by Gasteiger charge is -2.37. The van der Waals surface area contributed by atoms with Gasteiger partial charge >= 0.3 is 0 Å². The zero-order chi connectivity index (χ0) is 23.8. The Balaban J connectivity index is 1.48. The first-order chi connectivity index (χ1) is 15.9. The Hall–Kier alpha value is -2.32. The first-order valence-electron chi connectivity index (χ1n) is 11.7. The summed E-state index contributed by atoms with van der Waals surface area (Å²) in [7, 11) is 0. The van der Waals surface area contributed by atoms with Crippen molar-refractivity contribution in [2.45, 2.75) is 39.3 Å². The van der Waals surface area contributed by atoms with E-state index in [1.165, 1.54) is 24.2 Å². The van der Waals surface area contributed by atoms with Crippen LogP contribution in [0.4, 0.5) is 0 Å². The minimum Gasteiger partial charge on any atom is -0.490 e. The minimum absolute atomic E-state index is 0.0125. The highest BCUT2D eigenvalue weighted by Crippen LogP contribution is 2.24. The fraction of sp³-hybridized carbons (Fsp3) is 0.560. The van der Waals surface area contributed by atoms with Crippen molar-refractivity contribution in [3.8, 4) is 5.75 Å². The number of carbonyl (C=O) groups excluding carboxylic acids is 3. The van der Waals surface area contributed by atoms with Crippen molar-refractivity contribution >= 4 is 28.7 Å². The van der Waals surface area contributed by atoms with Crippen LogP contribution in [0.15, 0.2) is 36.9 Å². The van der Waals surface area contributed by atoms with Crippen molar-refractivity contribution in [1.82, 2.24) is 14.7 Å². The number of likely N-dealkylation sites (tertiary alicyclic amines) is 1. The molecule has 0 N–H and O–H groups in total. The van der Waals surface area contributed by atoms with E-state index in [0.717, 1.165) is 38.2 Å². The summed E-state index contributed by atoms with van der Waals surface area (Å²) in [6.45, 7) is 11.9. The molecular formula is C25H35N3O4S. The summed E-state index contributed by atoms with van der Waals surface area (Å²) in [6, 6.07) is 7.73. The van der Waals surface area contributed by atoms with Crippen LogP contribution in [0.5, 0.6) is 5.75 Å². The molecule has 0 aromatic heterocycles. The van der Waals surface area contributed by atoms with Crippen LogP contribution in [-0.2, 0) is 20.9 Å². The molecule has 0 saturated carbocycles. The normalized spacial score (nSPS) is 19.9. The van der Waals surface area contributed by atoms with E-state index in [4.69, 9.17) is 4.74 Å². The van der Waals surface area contributed by atoms with Gasteiger partial charge in [-0.3, -0.25) is 19.3 Å². The SMILES string of the molecule is C=CCOc1ccc(CN2CCN(C(=O)[C@@H]3CCCN3C(=O)[C@H](C)CSC(C)=O)CC2)cc1. The number of hydrogen-bond acceptors (Lipinski definition) is 6. The highest BCUT2D eigenvalue weighted by Gasteiger charge is 2.38. The molecule has 2 fully saturated rings. The van der Waals surface area contributed by atoms with Crippen LogP contribution < -0.4 is 4.74 Å². The summed E-state index contributed by atoms with van der Waals surface area (Å²) in [4.78, 5) is 43.4. The maximum Gasteiger partial charge on any atom is 0.245 e. The average Bonchev–Trinajstić information content (AvgIpc) is 3.31. The number of rotatable bonds is 9. The van der Waals surface area contributed by atoms with E-state index in [2.05, 4.69) is 23.6 Å². The van der Waals surface area contributed by atoms with E-state index in [9.17, 15) is 14.4 Å². The molecule has 1 aromatic rings. The van der Waals surface area contributed by atoms with E-state index in [1.54, 1.807) is 11.0 Å². The van der Waals surface area contributed by atoms with Gasteiger partial charge in [-0.15, -0.1) is 0 Å². The van der Waals surface area contributed by atoms with Crippen LogP contribution in [0.2, 0.25) is 0 Å². The van der Waals surface area contributed by atoms with E-state index in [0.29, 0.717) is 32.0 Å². The quantitative estimate of drug-likeness (QED) is 0.514. The van der Waals surface area contributed by atoms with Gasteiger partial charge in [0.05, 0.1) is 0 Å². The minimum atomic E-state index is -0.364. The molecule has 33 heavy (non-hydrogen) atoms. The van der Waals surface area contributed by atoms with Crippen LogP contribution in [0.3, 0.4) is 0 Å². The smallest absolute Gasteiger partial charge is 0.245 e. The van der Waals surface area contributed by atoms with Crippen LogP contribution in [-0.4, -0.2) is 82.8 Å². The third-order valence-electron chi connectivity index (χ3n) is 6.16. The summed E-state index contributed by atoms with van der Waals surface area (Å²) in [5.41, 5.74) is 1.21. The third kappa shape index (κ3) is 7.08. The summed E-state index contributed by atoms with van der Waals surface area (Å²) >= 11 is 1.17.